The van der Waals surface area contributed by atoms with Crippen LogP contribution in [0.15, 0.2) is 57.7 Å². The first-order valence-electron chi connectivity index (χ1n) is 9.39. The second-order valence-electron chi connectivity index (χ2n) is 6.90. The lowest BCUT2D eigenvalue weighted by Crippen LogP contribution is -2.46. The molecule has 3 aromatic rings. The molecule has 28 heavy (non-hydrogen) atoms. The fourth-order valence-electron chi connectivity index (χ4n) is 3.74. The third-order valence-corrected chi connectivity index (χ3v) is 5.20. The molecule has 4 rings (SSSR count). The number of methoxy groups -OCH3 is 2. The predicted molar refractivity (Wildman–Crippen MR) is 110 cm³/mol. The summed E-state index contributed by atoms with van der Waals surface area (Å²) in [5, 5.41) is 0.982. The van der Waals surface area contributed by atoms with E-state index in [-0.39, 0.29) is 5.63 Å². The van der Waals surface area contributed by atoms with E-state index in [4.69, 9.17) is 13.9 Å². The highest BCUT2D eigenvalue weighted by Gasteiger charge is 2.20. The number of hydrogen-bond acceptors (Lipinski definition) is 6. The Morgan fingerprint density at radius 1 is 0.929 bits per heavy atom. The Morgan fingerprint density at radius 2 is 1.68 bits per heavy atom. The zero-order valence-electron chi connectivity index (χ0n) is 16.2. The highest BCUT2D eigenvalue weighted by Crippen LogP contribution is 2.29. The van der Waals surface area contributed by atoms with E-state index in [0.29, 0.717) is 5.58 Å². The summed E-state index contributed by atoms with van der Waals surface area (Å²) in [7, 11) is 3.30. The number of benzene rings is 2. The maximum Gasteiger partial charge on any atom is 0.338 e. The molecule has 2 aromatic carbocycles. The maximum atomic E-state index is 11.9. The van der Waals surface area contributed by atoms with E-state index in [2.05, 4.69) is 15.9 Å². The van der Waals surface area contributed by atoms with Crippen LogP contribution in [0.4, 0.5) is 5.69 Å². The minimum atomic E-state index is -0.304. The summed E-state index contributed by atoms with van der Waals surface area (Å²) in [5.41, 5.74) is 2.48. The fourth-order valence-corrected chi connectivity index (χ4v) is 3.74. The Bertz CT molecular complexity index is 1020. The third-order valence-electron chi connectivity index (χ3n) is 5.20. The average molecular weight is 380 g/mol. The smallest absolute Gasteiger partial charge is 0.338 e. The van der Waals surface area contributed by atoms with Crippen LogP contribution in [-0.4, -0.2) is 45.3 Å². The van der Waals surface area contributed by atoms with Crippen molar-refractivity contribution in [3.8, 4) is 11.5 Å². The number of hydrogen-bond donors (Lipinski definition) is 0. The number of nitrogens with zero attached hydrogens (tertiary/aromatic N) is 2. The van der Waals surface area contributed by atoms with Gasteiger partial charge in [-0.25, -0.2) is 4.79 Å². The molecule has 0 unspecified atom stereocenters. The van der Waals surface area contributed by atoms with Crippen molar-refractivity contribution in [2.45, 2.75) is 6.54 Å². The molecule has 0 spiro atoms. The first-order valence-corrected chi connectivity index (χ1v) is 9.39. The fraction of sp³-hybridized carbons (Fsp3) is 0.318. The van der Waals surface area contributed by atoms with Crippen molar-refractivity contribution in [3.05, 3.63) is 64.5 Å². The van der Waals surface area contributed by atoms with Gasteiger partial charge in [0.25, 0.3) is 0 Å². The Hall–Kier alpha value is -2.99. The van der Waals surface area contributed by atoms with Gasteiger partial charge in [-0.05, 0) is 29.8 Å². The highest BCUT2D eigenvalue weighted by atomic mass is 16.5. The normalized spacial score (nSPS) is 15.0. The summed E-state index contributed by atoms with van der Waals surface area (Å²) in [5.74, 6) is 1.49. The van der Waals surface area contributed by atoms with Gasteiger partial charge in [0.2, 0.25) is 0 Å². The van der Waals surface area contributed by atoms with Crippen molar-refractivity contribution < 1.29 is 13.9 Å². The Labute approximate surface area is 163 Å². The van der Waals surface area contributed by atoms with Crippen molar-refractivity contribution in [2.24, 2.45) is 0 Å². The maximum absolute atomic E-state index is 11.9. The molecule has 1 aliphatic rings. The molecule has 0 radical (unpaired) electrons. The second-order valence-corrected chi connectivity index (χ2v) is 6.90. The number of rotatable bonds is 5. The molecule has 2 heterocycles. The predicted octanol–water partition coefficient (Wildman–Crippen LogP) is 3.13. The zero-order chi connectivity index (χ0) is 19.5. The number of piperazine rings is 1. The molecular weight excluding hydrogens is 356 g/mol. The summed E-state index contributed by atoms with van der Waals surface area (Å²) in [6.45, 7) is 4.42. The number of fused-ring (bicyclic) bond motifs is 1. The minimum Gasteiger partial charge on any atom is -0.493 e. The van der Waals surface area contributed by atoms with E-state index in [1.54, 1.807) is 20.3 Å². The quantitative estimate of drug-likeness (QED) is 0.634. The van der Waals surface area contributed by atoms with E-state index in [1.807, 2.05) is 36.4 Å². The molecule has 1 fully saturated rings. The van der Waals surface area contributed by atoms with E-state index in [0.717, 1.165) is 55.3 Å². The lowest BCUT2D eigenvalue weighted by molar-refractivity contribution is 0.249. The van der Waals surface area contributed by atoms with E-state index in [1.165, 1.54) is 5.56 Å². The summed E-state index contributed by atoms with van der Waals surface area (Å²) in [6, 6.07) is 15.4. The van der Waals surface area contributed by atoms with Gasteiger partial charge in [0.05, 0.1) is 19.9 Å². The van der Waals surface area contributed by atoms with Crippen LogP contribution in [0.1, 0.15) is 5.56 Å². The zero-order valence-corrected chi connectivity index (χ0v) is 16.2. The Balaban J connectivity index is 1.46. The standard InChI is InChI=1S/C22H24N2O4/c1-26-20-8-7-16(13-21(20)27-2)15-23-9-11-24(12-10-23)18-14-22(25)28-19-6-4-3-5-17(18)19/h3-8,13-14H,9-12,15H2,1-2H3. The Kier molecular flexibility index (Phi) is 5.21. The summed E-state index contributed by atoms with van der Waals surface area (Å²) < 4.78 is 16.0. The summed E-state index contributed by atoms with van der Waals surface area (Å²) in [6.07, 6.45) is 0. The Morgan fingerprint density at radius 3 is 2.43 bits per heavy atom. The lowest BCUT2D eigenvalue weighted by Gasteiger charge is -2.36. The van der Waals surface area contributed by atoms with Gasteiger partial charge in [-0.2, -0.15) is 0 Å². The molecule has 6 heteroatoms. The summed E-state index contributed by atoms with van der Waals surface area (Å²) >= 11 is 0. The van der Waals surface area contributed by atoms with Gasteiger partial charge in [0.15, 0.2) is 11.5 Å². The molecule has 6 nitrogen and oxygen atoms in total. The monoisotopic (exact) mass is 380 g/mol. The van der Waals surface area contributed by atoms with Crippen LogP contribution in [0.2, 0.25) is 0 Å². The number of anilines is 1. The molecule has 146 valence electrons. The molecule has 1 aliphatic heterocycles. The van der Waals surface area contributed by atoms with Gasteiger partial charge in [0.1, 0.15) is 5.58 Å². The highest BCUT2D eigenvalue weighted by molar-refractivity contribution is 5.90. The van der Waals surface area contributed by atoms with Crippen molar-refractivity contribution >= 4 is 16.7 Å². The van der Waals surface area contributed by atoms with E-state index >= 15 is 0 Å². The van der Waals surface area contributed by atoms with Crippen LogP contribution in [-0.2, 0) is 6.54 Å². The topological polar surface area (TPSA) is 55.2 Å². The average Bonchev–Trinajstić information content (AvgIpc) is 2.73. The summed E-state index contributed by atoms with van der Waals surface area (Å²) in [4.78, 5) is 16.6. The molecule has 0 saturated carbocycles. The van der Waals surface area contributed by atoms with Crippen molar-refractivity contribution in [1.82, 2.24) is 4.90 Å². The molecular formula is C22H24N2O4. The van der Waals surface area contributed by atoms with Crippen LogP contribution in [0.3, 0.4) is 0 Å². The largest absolute Gasteiger partial charge is 0.493 e. The number of ether oxygens (including phenoxy) is 2. The molecule has 1 saturated heterocycles. The molecule has 1 aromatic heterocycles. The van der Waals surface area contributed by atoms with Crippen LogP contribution in [0, 0.1) is 0 Å². The molecule has 0 aliphatic carbocycles. The van der Waals surface area contributed by atoms with Crippen molar-refractivity contribution in [3.63, 3.8) is 0 Å². The van der Waals surface area contributed by atoms with Gasteiger partial charge >= 0.3 is 5.63 Å². The van der Waals surface area contributed by atoms with Crippen molar-refractivity contribution in [2.75, 3.05) is 45.3 Å². The van der Waals surface area contributed by atoms with Crippen LogP contribution >= 0.6 is 0 Å². The van der Waals surface area contributed by atoms with Crippen LogP contribution in [0.25, 0.3) is 11.0 Å². The molecule has 0 amide bonds. The first kappa shape index (κ1) is 18.4. The van der Waals surface area contributed by atoms with E-state index < -0.39 is 0 Å². The minimum absolute atomic E-state index is 0.304. The number of para-hydroxylation sites is 1. The van der Waals surface area contributed by atoms with Crippen molar-refractivity contribution in [1.29, 1.82) is 0 Å². The van der Waals surface area contributed by atoms with Crippen LogP contribution < -0.4 is 20.0 Å². The van der Waals surface area contributed by atoms with E-state index in [9.17, 15) is 4.79 Å². The van der Waals surface area contributed by atoms with Gasteiger partial charge < -0.3 is 18.8 Å². The molecule has 0 N–H and O–H groups in total. The molecule has 0 atom stereocenters. The SMILES string of the molecule is COc1ccc(CN2CCN(c3cc(=O)oc4ccccc34)CC2)cc1OC. The van der Waals surface area contributed by atoms with Crippen LogP contribution in [0.5, 0.6) is 11.5 Å². The first-order chi connectivity index (χ1) is 13.7. The van der Waals surface area contributed by atoms with Gasteiger partial charge in [-0.1, -0.05) is 18.2 Å². The lowest BCUT2D eigenvalue weighted by atomic mass is 10.1. The van der Waals surface area contributed by atoms with Gasteiger partial charge in [-0.3, -0.25) is 4.90 Å². The molecule has 0 bridgehead atoms. The van der Waals surface area contributed by atoms with Gasteiger partial charge in [-0.15, -0.1) is 0 Å². The third kappa shape index (κ3) is 3.68. The second kappa shape index (κ2) is 7.94. The van der Waals surface area contributed by atoms with Gasteiger partial charge in [0, 0.05) is 44.2 Å².